The van der Waals surface area contributed by atoms with Gasteiger partial charge in [-0.1, -0.05) is 6.42 Å². The lowest BCUT2D eigenvalue weighted by atomic mass is 10.00. The fraction of sp³-hybridized carbons (Fsp3) is 1.00. The Bertz CT molecular complexity index is 131. The summed E-state index contributed by atoms with van der Waals surface area (Å²) in [6.45, 7) is 0. The molecule has 0 heterocycles. The summed E-state index contributed by atoms with van der Waals surface area (Å²) in [5.74, 6) is 1.53. The second-order valence-electron chi connectivity index (χ2n) is 3.26. The van der Waals surface area contributed by atoms with Gasteiger partial charge in [0.15, 0.2) is 0 Å². The van der Waals surface area contributed by atoms with Crippen LogP contribution in [0.15, 0.2) is 0 Å². The smallest absolute Gasteiger partial charge is 0.101 e. The van der Waals surface area contributed by atoms with Gasteiger partial charge in [0.1, 0.15) is 4.33 Å². The molecule has 0 amide bonds. The summed E-state index contributed by atoms with van der Waals surface area (Å²) in [5, 5.41) is 0. The van der Waals surface area contributed by atoms with Gasteiger partial charge in [-0.25, -0.2) is 0 Å². The highest BCUT2D eigenvalue weighted by atomic mass is 35.5. The molecule has 0 radical (unpaired) electrons. The van der Waals surface area contributed by atoms with Crippen LogP contribution in [-0.4, -0.2) is 4.33 Å². The van der Waals surface area contributed by atoms with Crippen molar-refractivity contribution in [1.29, 1.82) is 0 Å². The maximum atomic E-state index is 6.03. The van der Waals surface area contributed by atoms with Crippen LogP contribution < -0.4 is 0 Å². The molecule has 0 saturated heterocycles. The van der Waals surface area contributed by atoms with Crippen molar-refractivity contribution in [3.8, 4) is 0 Å². The van der Waals surface area contributed by atoms with Crippen LogP contribution >= 0.6 is 23.2 Å². The van der Waals surface area contributed by atoms with Crippen LogP contribution in [0, 0.1) is 11.8 Å². The fourth-order valence-electron chi connectivity index (χ4n) is 1.87. The molecule has 2 saturated carbocycles. The first kappa shape index (κ1) is 6.30. The second-order valence-corrected chi connectivity index (χ2v) is 4.80. The van der Waals surface area contributed by atoms with Gasteiger partial charge in [-0.3, -0.25) is 0 Å². The van der Waals surface area contributed by atoms with Gasteiger partial charge in [0.2, 0.25) is 0 Å². The fourth-order valence-corrected chi connectivity index (χ4v) is 2.67. The zero-order chi connectivity index (χ0) is 6.48. The van der Waals surface area contributed by atoms with E-state index in [1.807, 2.05) is 0 Å². The third-order valence-electron chi connectivity index (χ3n) is 2.55. The summed E-state index contributed by atoms with van der Waals surface area (Å²) < 4.78 is -0.344. The molecule has 0 aromatic carbocycles. The quantitative estimate of drug-likeness (QED) is 0.484. The van der Waals surface area contributed by atoms with Crippen molar-refractivity contribution in [2.45, 2.75) is 30.0 Å². The Morgan fingerprint density at radius 1 is 1.33 bits per heavy atom. The number of fused-ring (bicyclic) bond motifs is 1. The van der Waals surface area contributed by atoms with Crippen LogP contribution in [0.2, 0.25) is 0 Å². The number of hydrogen-bond acceptors (Lipinski definition) is 0. The van der Waals surface area contributed by atoms with Gasteiger partial charge in [-0.15, -0.1) is 23.2 Å². The Morgan fingerprint density at radius 2 is 2.11 bits per heavy atom. The molecule has 2 fully saturated rings. The van der Waals surface area contributed by atoms with E-state index in [1.54, 1.807) is 0 Å². The van der Waals surface area contributed by atoms with E-state index >= 15 is 0 Å². The van der Waals surface area contributed by atoms with Gasteiger partial charge in [0.25, 0.3) is 0 Å². The highest BCUT2D eigenvalue weighted by Gasteiger charge is 2.52. The first-order valence-corrected chi connectivity index (χ1v) is 4.33. The van der Waals surface area contributed by atoms with E-state index in [1.165, 1.54) is 19.3 Å². The van der Waals surface area contributed by atoms with Crippen LogP contribution in [0.3, 0.4) is 0 Å². The lowest BCUT2D eigenvalue weighted by molar-refractivity contribution is 0.455. The number of alkyl halides is 2. The minimum absolute atomic E-state index is 0.344. The molecule has 0 aromatic rings. The Hall–Kier alpha value is 0.580. The Kier molecular flexibility index (Phi) is 1.26. The predicted octanol–water partition coefficient (Wildman–Crippen LogP) is 2.98. The van der Waals surface area contributed by atoms with Gasteiger partial charge in [0.05, 0.1) is 0 Å². The molecular formula is C7H10Cl2. The van der Waals surface area contributed by atoms with E-state index in [0.717, 1.165) is 12.3 Å². The molecule has 2 atom stereocenters. The minimum atomic E-state index is -0.344. The second kappa shape index (κ2) is 1.79. The van der Waals surface area contributed by atoms with Gasteiger partial charge in [-0.05, 0) is 31.1 Å². The van der Waals surface area contributed by atoms with Crippen molar-refractivity contribution >= 4 is 23.2 Å². The molecule has 0 unspecified atom stereocenters. The summed E-state index contributed by atoms with van der Waals surface area (Å²) >= 11 is 12.1. The molecule has 2 aliphatic carbocycles. The first-order valence-electron chi connectivity index (χ1n) is 3.58. The van der Waals surface area contributed by atoms with E-state index in [4.69, 9.17) is 23.2 Å². The lowest BCUT2D eigenvalue weighted by Gasteiger charge is -2.23. The summed E-state index contributed by atoms with van der Waals surface area (Å²) in [4.78, 5) is 0. The van der Waals surface area contributed by atoms with Crippen LogP contribution in [0.4, 0.5) is 0 Å². The van der Waals surface area contributed by atoms with E-state index in [-0.39, 0.29) is 4.33 Å². The molecule has 2 heteroatoms. The average Bonchev–Trinajstić information content (AvgIpc) is 2.43. The van der Waals surface area contributed by atoms with E-state index in [2.05, 4.69) is 0 Å². The largest absolute Gasteiger partial charge is 0.121 e. The zero-order valence-electron chi connectivity index (χ0n) is 5.24. The van der Waals surface area contributed by atoms with Crippen molar-refractivity contribution in [3.63, 3.8) is 0 Å². The van der Waals surface area contributed by atoms with Crippen molar-refractivity contribution < 1.29 is 0 Å². The highest BCUT2D eigenvalue weighted by Crippen LogP contribution is 2.59. The highest BCUT2D eigenvalue weighted by molar-refractivity contribution is 6.48. The van der Waals surface area contributed by atoms with Crippen LogP contribution in [0.1, 0.15) is 25.7 Å². The monoisotopic (exact) mass is 164 g/mol. The molecule has 52 valence electrons. The SMILES string of the molecule is ClC1(Cl)CCC[C@H]2C[C@@H]21. The van der Waals surface area contributed by atoms with E-state index < -0.39 is 0 Å². The topological polar surface area (TPSA) is 0 Å². The number of halogens is 2. The minimum Gasteiger partial charge on any atom is -0.101 e. The molecule has 0 N–H and O–H groups in total. The molecule has 2 aliphatic rings. The molecule has 2 rings (SSSR count). The standard InChI is InChI=1S/C7H10Cl2/c8-7(9)3-1-2-5-4-6(5)7/h5-6H,1-4H2/t5-,6-/m0/s1. The molecule has 9 heavy (non-hydrogen) atoms. The maximum absolute atomic E-state index is 6.03. The van der Waals surface area contributed by atoms with Crippen LogP contribution in [0.5, 0.6) is 0 Å². The van der Waals surface area contributed by atoms with Crippen molar-refractivity contribution in [2.75, 3.05) is 0 Å². The summed E-state index contributed by atoms with van der Waals surface area (Å²) in [6.07, 6.45) is 4.89. The Labute approximate surface area is 65.5 Å². The molecule has 0 spiro atoms. The molecule has 0 aromatic heterocycles. The summed E-state index contributed by atoms with van der Waals surface area (Å²) in [6, 6.07) is 0. The zero-order valence-corrected chi connectivity index (χ0v) is 6.75. The summed E-state index contributed by atoms with van der Waals surface area (Å²) in [7, 11) is 0. The van der Waals surface area contributed by atoms with Crippen molar-refractivity contribution in [2.24, 2.45) is 11.8 Å². The van der Waals surface area contributed by atoms with Gasteiger partial charge in [0, 0.05) is 0 Å². The molecular weight excluding hydrogens is 155 g/mol. The van der Waals surface area contributed by atoms with Crippen molar-refractivity contribution in [3.05, 3.63) is 0 Å². The Balaban J connectivity index is 2.09. The summed E-state index contributed by atoms with van der Waals surface area (Å²) in [5.41, 5.74) is 0. The molecule has 0 bridgehead atoms. The number of rotatable bonds is 0. The number of hydrogen-bond donors (Lipinski definition) is 0. The predicted molar refractivity (Wildman–Crippen MR) is 39.9 cm³/mol. The Morgan fingerprint density at radius 3 is 2.67 bits per heavy atom. The average molecular weight is 165 g/mol. The maximum Gasteiger partial charge on any atom is 0.121 e. The molecule has 0 nitrogen and oxygen atoms in total. The van der Waals surface area contributed by atoms with Gasteiger partial charge < -0.3 is 0 Å². The normalized spacial score (nSPS) is 46.0. The third kappa shape index (κ3) is 0.969. The molecule has 0 aliphatic heterocycles. The van der Waals surface area contributed by atoms with Crippen molar-refractivity contribution in [1.82, 2.24) is 0 Å². The van der Waals surface area contributed by atoms with E-state index in [9.17, 15) is 0 Å². The van der Waals surface area contributed by atoms with Crippen LogP contribution in [0.25, 0.3) is 0 Å². The lowest BCUT2D eigenvalue weighted by Crippen LogP contribution is -2.20. The van der Waals surface area contributed by atoms with Gasteiger partial charge >= 0.3 is 0 Å². The van der Waals surface area contributed by atoms with E-state index in [0.29, 0.717) is 5.92 Å². The van der Waals surface area contributed by atoms with Gasteiger partial charge in [-0.2, -0.15) is 0 Å². The third-order valence-corrected chi connectivity index (χ3v) is 3.49. The van der Waals surface area contributed by atoms with Crippen LogP contribution in [-0.2, 0) is 0 Å². The first-order chi connectivity index (χ1) is 4.20.